The summed E-state index contributed by atoms with van der Waals surface area (Å²) in [7, 11) is 0. The number of aromatic nitrogens is 2. The topological polar surface area (TPSA) is 152 Å². The van der Waals surface area contributed by atoms with Gasteiger partial charge in [-0.2, -0.15) is 13.2 Å². The number of piperidine rings is 1. The molecule has 0 spiro atoms. The van der Waals surface area contributed by atoms with Crippen molar-refractivity contribution in [3.05, 3.63) is 71.0 Å². The number of halogens is 4. The first-order chi connectivity index (χ1) is 21.6. The first-order valence-corrected chi connectivity index (χ1v) is 16.0. The van der Waals surface area contributed by atoms with Crippen LogP contribution in [0.3, 0.4) is 0 Å². The number of carbonyl (C=O) groups excluding carboxylic acids is 3. The Morgan fingerprint density at radius 2 is 1.89 bits per heavy atom. The van der Waals surface area contributed by atoms with Gasteiger partial charge in [-0.3, -0.25) is 4.79 Å². The van der Waals surface area contributed by atoms with Crippen LogP contribution in [-0.2, 0) is 21.9 Å². The second-order valence-corrected chi connectivity index (χ2v) is 12.5. The lowest BCUT2D eigenvalue weighted by Crippen LogP contribution is -2.50. The predicted octanol–water partition coefficient (Wildman–Crippen LogP) is 6.13. The third-order valence-corrected chi connectivity index (χ3v) is 7.74. The molecule has 3 aromatic rings. The number of nitrogens with zero attached hydrogens (tertiary/aromatic N) is 3. The predicted molar refractivity (Wildman–Crippen MR) is 175 cm³/mol. The van der Waals surface area contributed by atoms with Crippen molar-refractivity contribution < 1.29 is 32.3 Å². The third-order valence-electron chi connectivity index (χ3n) is 6.92. The summed E-state index contributed by atoms with van der Waals surface area (Å²) >= 11 is 1.86. The molecule has 0 aliphatic carbocycles. The van der Waals surface area contributed by atoms with Gasteiger partial charge in [-0.05, 0) is 62.9 Å². The normalized spacial score (nSPS) is 15.2. The first kappa shape index (κ1) is 34.7. The molecule has 4 amide bonds. The highest BCUT2D eigenvalue weighted by molar-refractivity contribution is 14.1. The van der Waals surface area contributed by atoms with Crippen molar-refractivity contribution in [1.82, 2.24) is 25.5 Å². The van der Waals surface area contributed by atoms with Gasteiger partial charge >= 0.3 is 18.3 Å². The molecule has 246 valence electrons. The Labute approximate surface area is 278 Å². The number of likely N-dealkylation sites (tertiary alicyclic amines) is 1. The van der Waals surface area contributed by atoms with E-state index in [4.69, 9.17) is 10.5 Å². The Kier molecular flexibility index (Phi) is 11.0. The van der Waals surface area contributed by atoms with Crippen molar-refractivity contribution in [2.24, 2.45) is 0 Å². The average Bonchev–Trinajstić information content (AvgIpc) is 2.99. The molecule has 46 heavy (non-hydrogen) atoms. The molecular weight excluding hydrogens is 718 g/mol. The van der Waals surface area contributed by atoms with E-state index in [9.17, 15) is 27.6 Å². The van der Waals surface area contributed by atoms with Gasteiger partial charge in [0.05, 0.1) is 17.5 Å². The van der Waals surface area contributed by atoms with Crippen molar-refractivity contribution in [2.45, 2.75) is 62.4 Å². The number of benzene rings is 2. The number of hydrogen-bond acceptors (Lipinski definition) is 7. The molecule has 1 atom stereocenters. The number of rotatable bonds is 7. The molecule has 0 radical (unpaired) electrons. The Bertz CT molecular complexity index is 1600. The molecule has 4 rings (SSSR count). The largest absolute Gasteiger partial charge is 0.444 e. The number of alkyl halides is 4. The summed E-state index contributed by atoms with van der Waals surface area (Å²) in [6.07, 6.45) is -2.22. The molecule has 1 aromatic heterocycles. The minimum absolute atomic E-state index is 0.0147. The summed E-state index contributed by atoms with van der Waals surface area (Å²) in [4.78, 5) is 48.3. The monoisotopic (exact) mass is 753 g/mol. The molecule has 0 saturated carbocycles. The van der Waals surface area contributed by atoms with Crippen LogP contribution in [0.5, 0.6) is 0 Å². The number of anilines is 2. The molecule has 2 aromatic carbocycles. The molecule has 5 N–H and O–H groups in total. The van der Waals surface area contributed by atoms with E-state index in [1.807, 2.05) is 22.6 Å². The summed E-state index contributed by atoms with van der Waals surface area (Å²) in [6, 6.07) is 9.62. The highest BCUT2D eigenvalue weighted by atomic mass is 127. The van der Waals surface area contributed by atoms with Crippen molar-refractivity contribution >= 4 is 52.1 Å². The molecule has 2 heterocycles. The summed E-state index contributed by atoms with van der Waals surface area (Å²) < 4.78 is 45.8. The minimum atomic E-state index is -4.54. The zero-order chi connectivity index (χ0) is 33.6. The van der Waals surface area contributed by atoms with Crippen LogP contribution in [0.4, 0.5) is 34.3 Å². The fourth-order valence-electron chi connectivity index (χ4n) is 4.78. The quantitative estimate of drug-likeness (QED) is 0.167. The van der Waals surface area contributed by atoms with Gasteiger partial charge in [0.1, 0.15) is 5.60 Å². The van der Waals surface area contributed by atoms with Crippen LogP contribution >= 0.6 is 22.6 Å². The van der Waals surface area contributed by atoms with E-state index in [-0.39, 0.29) is 46.3 Å². The SMILES string of the molecule is CC(C)(C)OC(=O)N1CCCC(NC(=O)c2nc(-c3cccc(CNC(=O)Nc4ccc(CI)c(C(F)(F)F)c4)c3)cnc2N)C1. The van der Waals surface area contributed by atoms with Gasteiger partial charge < -0.3 is 31.3 Å². The van der Waals surface area contributed by atoms with E-state index in [0.29, 0.717) is 36.2 Å². The molecule has 1 saturated heterocycles. The van der Waals surface area contributed by atoms with Crippen LogP contribution in [0.15, 0.2) is 48.7 Å². The average molecular weight is 754 g/mol. The van der Waals surface area contributed by atoms with Crippen molar-refractivity contribution in [3.63, 3.8) is 0 Å². The molecule has 15 heteroatoms. The lowest BCUT2D eigenvalue weighted by molar-refractivity contribution is -0.138. The zero-order valence-corrected chi connectivity index (χ0v) is 27.7. The van der Waals surface area contributed by atoms with E-state index >= 15 is 0 Å². The van der Waals surface area contributed by atoms with Gasteiger partial charge in [0, 0.05) is 41.4 Å². The van der Waals surface area contributed by atoms with Crippen LogP contribution in [0.1, 0.15) is 60.8 Å². The Morgan fingerprint density at radius 1 is 1.13 bits per heavy atom. The van der Waals surface area contributed by atoms with Crippen LogP contribution in [-0.4, -0.2) is 57.6 Å². The zero-order valence-electron chi connectivity index (χ0n) is 25.5. The highest BCUT2D eigenvalue weighted by Crippen LogP contribution is 2.35. The van der Waals surface area contributed by atoms with Gasteiger partial charge in [0.15, 0.2) is 11.5 Å². The van der Waals surface area contributed by atoms with Crippen LogP contribution in [0.25, 0.3) is 11.3 Å². The Morgan fingerprint density at radius 3 is 2.59 bits per heavy atom. The second-order valence-electron chi connectivity index (χ2n) is 11.7. The van der Waals surface area contributed by atoms with E-state index in [2.05, 4.69) is 25.9 Å². The molecule has 1 unspecified atom stereocenters. The number of ether oxygens (including phenoxy) is 1. The number of hydrogen-bond donors (Lipinski definition) is 4. The number of carbonyl (C=O) groups is 3. The molecule has 0 bridgehead atoms. The van der Waals surface area contributed by atoms with Gasteiger partial charge in [0.2, 0.25) is 0 Å². The fourth-order valence-corrected chi connectivity index (χ4v) is 5.44. The summed E-state index contributed by atoms with van der Waals surface area (Å²) in [5, 5.41) is 7.97. The summed E-state index contributed by atoms with van der Waals surface area (Å²) in [5.74, 6) is -0.590. The molecule has 1 aliphatic rings. The maximum absolute atomic E-state index is 13.4. The van der Waals surface area contributed by atoms with E-state index in [0.717, 1.165) is 6.07 Å². The second kappa shape index (κ2) is 14.5. The number of nitrogen functional groups attached to an aromatic ring is 1. The number of urea groups is 1. The molecule has 1 fully saturated rings. The lowest BCUT2D eigenvalue weighted by atomic mass is 10.1. The Hall–Kier alpha value is -4.15. The van der Waals surface area contributed by atoms with E-state index in [1.165, 1.54) is 18.3 Å². The number of nitrogens with two attached hydrogens (primary N) is 1. The number of nitrogens with one attached hydrogen (secondary N) is 3. The third kappa shape index (κ3) is 9.43. The molecule has 11 nitrogen and oxygen atoms in total. The van der Waals surface area contributed by atoms with Crippen molar-refractivity contribution in [1.29, 1.82) is 0 Å². The van der Waals surface area contributed by atoms with Gasteiger partial charge in [0.25, 0.3) is 5.91 Å². The van der Waals surface area contributed by atoms with Crippen molar-refractivity contribution in [2.75, 3.05) is 24.1 Å². The first-order valence-electron chi connectivity index (χ1n) is 14.4. The van der Waals surface area contributed by atoms with Gasteiger partial charge in [-0.1, -0.05) is 46.9 Å². The maximum atomic E-state index is 13.4. The lowest BCUT2D eigenvalue weighted by Gasteiger charge is -2.34. The minimum Gasteiger partial charge on any atom is -0.444 e. The van der Waals surface area contributed by atoms with Crippen LogP contribution < -0.4 is 21.7 Å². The summed E-state index contributed by atoms with van der Waals surface area (Å²) in [6.45, 7) is 6.23. The molecule has 1 aliphatic heterocycles. The molecular formula is C31H35F3IN7O4. The van der Waals surface area contributed by atoms with Crippen LogP contribution in [0, 0.1) is 0 Å². The maximum Gasteiger partial charge on any atom is 0.416 e. The van der Waals surface area contributed by atoms with Crippen LogP contribution in [0.2, 0.25) is 0 Å². The fraction of sp³-hybridized carbons (Fsp3) is 0.387. The standard InChI is InChI=1S/C31H35F3IN7O4/c1-30(2,3)46-29(45)42-11-5-8-22(17-42)39-27(43)25-26(36)37-16-24(41-25)19-7-4-6-18(12-19)15-38-28(44)40-21-10-9-20(14-35)23(13-21)31(32,33)34/h4,6-7,9-10,12-13,16,22H,5,8,11,14-15,17H2,1-3H3,(H2,36,37)(H,39,43)(H2,38,40,44). The van der Waals surface area contributed by atoms with E-state index in [1.54, 1.807) is 49.9 Å². The Balaban J connectivity index is 1.39. The smallest absolute Gasteiger partial charge is 0.416 e. The van der Waals surface area contributed by atoms with Gasteiger partial charge in [-0.15, -0.1) is 0 Å². The van der Waals surface area contributed by atoms with Crippen molar-refractivity contribution in [3.8, 4) is 11.3 Å². The number of amides is 4. The van der Waals surface area contributed by atoms with Gasteiger partial charge in [-0.25, -0.2) is 19.6 Å². The highest BCUT2D eigenvalue weighted by Gasteiger charge is 2.33. The summed E-state index contributed by atoms with van der Waals surface area (Å²) in [5.41, 5.74) is 6.26. The van der Waals surface area contributed by atoms with E-state index < -0.39 is 35.4 Å².